The molecule has 0 atom stereocenters. The van der Waals surface area contributed by atoms with Crippen molar-refractivity contribution in [2.45, 2.75) is 39.5 Å². The number of aromatic hydroxyl groups is 1. The molecule has 0 radical (unpaired) electrons. The molecule has 1 aromatic carbocycles. The standard InChI is InChI=1S/C24H27N3O3S2/c1-14(25-13-17(31)12-18-10-11-19(32-18)23(29)30)20-22(28)21(27(5)26-20)15-6-8-16(9-7-15)24(2,3)4/h6-11,28H,12-13H2,1-5H3,(H,29,30). The van der Waals surface area contributed by atoms with Gasteiger partial charge in [0.25, 0.3) is 0 Å². The highest BCUT2D eigenvalue weighted by molar-refractivity contribution is 7.80. The Bertz CT molecular complexity index is 1180. The Kier molecular flexibility index (Phi) is 6.95. The first-order valence-electron chi connectivity index (χ1n) is 10.2. The van der Waals surface area contributed by atoms with Gasteiger partial charge in [0.05, 0.1) is 12.3 Å². The van der Waals surface area contributed by atoms with Crippen molar-refractivity contribution in [1.82, 2.24) is 9.78 Å². The molecule has 32 heavy (non-hydrogen) atoms. The van der Waals surface area contributed by atoms with E-state index in [-0.39, 0.29) is 11.2 Å². The van der Waals surface area contributed by atoms with Gasteiger partial charge < -0.3 is 10.2 Å². The molecule has 0 aliphatic heterocycles. The van der Waals surface area contributed by atoms with Gasteiger partial charge in [0.1, 0.15) is 16.3 Å². The molecule has 2 aromatic heterocycles. The van der Waals surface area contributed by atoms with Gasteiger partial charge in [-0.3, -0.25) is 9.67 Å². The van der Waals surface area contributed by atoms with Gasteiger partial charge in [0.15, 0.2) is 5.75 Å². The van der Waals surface area contributed by atoms with Gasteiger partial charge in [-0.1, -0.05) is 57.3 Å². The zero-order valence-electron chi connectivity index (χ0n) is 18.8. The summed E-state index contributed by atoms with van der Waals surface area (Å²) in [4.78, 5) is 17.4. The summed E-state index contributed by atoms with van der Waals surface area (Å²) in [6, 6.07) is 11.5. The predicted molar refractivity (Wildman–Crippen MR) is 134 cm³/mol. The molecule has 168 valence electrons. The second-order valence-electron chi connectivity index (χ2n) is 8.68. The second kappa shape index (κ2) is 9.34. The molecule has 0 unspecified atom stereocenters. The summed E-state index contributed by atoms with van der Waals surface area (Å²) in [6.45, 7) is 8.58. The predicted octanol–water partition coefficient (Wildman–Crippen LogP) is 5.27. The molecule has 0 aliphatic carbocycles. The number of benzene rings is 1. The molecule has 3 aromatic rings. The summed E-state index contributed by atoms with van der Waals surface area (Å²) in [5.74, 6) is -0.844. The van der Waals surface area contributed by atoms with E-state index in [0.717, 1.165) is 10.4 Å². The molecular weight excluding hydrogens is 442 g/mol. The van der Waals surface area contributed by atoms with Crippen LogP contribution < -0.4 is 0 Å². The molecule has 3 rings (SSSR count). The van der Waals surface area contributed by atoms with E-state index in [1.54, 1.807) is 30.8 Å². The number of thiophene rings is 1. The van der Waals surface area contributed by atoms with Crippen LogP contribution in [0.15, 0.2) is 41.4 Å². The Morgan fingerprint density at radius 1 is 1.19 bits per heavy atom. The molecule has 8 heteroatoms. The molecule has 0 saturated carbocycles. The average Bonchev–Trinajstić information content (AvgIpc) is 3.30. The highest BCUT2D eigenvalue weighted by Crippen LogP contribution is 2.33. The monoisotopic (exact) mass is 469 g/mol. The van der Waals surface area contributed by atoms with Crippen molar-refractivity contribution in [2.24, 2.45) is 12.0 Å². The lowest BCUT2D eigenvalue weighted by Gasteiger charge is -2.19. The lowest BCUT2D eigenvalue weighted by atomic mass is 9.86. The van der Waals surface area contributed by atoms with Crippen LogP contribution in [-0.4, -0.2) is 43.1 Å². The molecular formula is C24H27N3O3S2. The van der Waals surface area contributed by atoms with Gasteiger partial charge in [-0.2, -0.15) is 5.10 Å². The zero-order valence-corrected chi connectivity index (χ0v) is 20.5. The van der Waals surface area contributed by atoms with Crippen molar-refractivity contribution in [3.63, 3.8) is 0 Å². The van der Waals surface area contributed by atoms with Crippen molar-refractivity contribution < 1.29 is 15.0 Å². The Labute approximate surface area is 197 Å². The minimum absolute atomic E-state index is 0.0537. The summed E-state index contributed by atoms with van der Waals surface area (Å²) in [7, 11) is 1.80. The topological polar surface area (TPSA) is 87.7 Å². The molecule has 0 aliphatic rings. The van der Waals surface area contributed by atoms with Gasteiger partial charge in [-0.25, -0.2) is 4.79 Å². The first kappa shape index (κ1) is 23.8. The van der Waals surface area contributed by atoms with Crippen LogP contribution in [0.25, 0.3) is 11.3 Å². The van der Waals surface area contributed by atoms with E-state index in [4.69, 9.17) is 17.3 Å². The smallest absolute Gasteiger partial charge is 0.345 e. The van der Waals surface area contributed by atoms with Crippen LogP contribution in [0.3, 0.4) is 0 Å². The number of aliphatic imine (C=N–C) groups is 1. The second-order valence-corrected chi connectivity index (χ2v) is 10.4. The van der Waals surface area contributed by atoms with E-state index in [1.807, 2.05) is 12.1 Å². The summed E-state index contributed by atoms with van der Waals surface area (Å²) in [5, 5.41) is 24.4. The van der Waals surface area contributed by atoms with Crippen molar-refractivity contribution in [1.29, 1.82) is 0 Å². The summed E-state index contributed by atoms with van der Waals surface area (Å²) in [5.41, 5.74) is 3.81. The number of carboxylic acids is 1. The maximum Gasteiger partial charge on any atom is 0.345 e. The van der Waals surface area contributed by atoms with Crippen LogP contribution in [0.2, 0.25) is 0 Å². The van der Waals surface area contributed by atoms with E-state index in [2.05, 4.69) is 43.0 Å². The minimum atomic E-state index is -0.935. The first-order valence-corrected chi connectivity index (χ1v) is 11.4. The van der Waals surface area contributed by atoms with E-state index < -0.39 is 5.97 Å². The molecule has 2 N–H and O–H groups in total. The van der Waals surface area contributed by atoms with Crippen molar-refractivity contribution in [2.75, 3.05) is 6.54 Å². The van der Waals surface area contributed by atoms with Crippen molar-refractivity contribution >= 4 is 40.1 Å². The number of aryl methyl sites for hydroxylation is 1. The quantitative estimate of drug-likeness (QED) is 0.363. The highest BCUT2D eigenvalue weighted by Gasteiger charge is 2.20. The van der Waals surface area contributed by atoms with Crippen LogP contribution in [0.5, 0.6) is 5.75 Å². The Balaban J connectivity index is 1.75. The van der Waals surface area contributed by atoms with Crippen LogP contribution in [0.4, 0.5) is 0 Å². The lowest BCUT2D eigenvalue weighted by Crippen LogP contribution is -2.10. The zero-order chi connectivity index (χ0) is 23.6. The highest BCUT2D eigenvalue weighted by atomic mass is 32.1. The third kappa shape index (κ3) is 5.31. The fourth-order valence-corrected chi connectivity index (χ4v) is 4.53. The third-order valence-electron chi connectivity index (χ3n) is 5.13. The van der Waals surface area contributed by atoms with Gasteiger partial charge in [-0.15, -0.1) is 11.3 Å². The first-order chi connectivity index (χ1) is 15.0. The SMILES string of the molecule is CC(=NCC(=S)Cc1ccc(C(=O)O)s1)c1nn(C)c(-c2ccc(C(C)(C)C)cc2)c1O. The van der Waals surface area contributed by atoms with Crippen LogP contribution >= 0.6 is 23.6 Å². The lowest BCUT2D eigenvalue weighted by molar-refractivity contribution is 0.0702. The molecule has 0 fully saturated rings. The Hall–Kier alpha value is -2.84. The maximum absolute atomic E-state index is 11.0. The number of carboxylic acid groups (broad SMARTS) is 1. The molecule has 0 amide bonds. The molecule has 0 bridgehead atoms. The van der Waals surface area contributed by atoms with Crippen molar-refractivity contribution in [3.8, 4) is 17.0 Å². The molecule has 6 nitrogen and oxygen atoms in total. The van der Waals surface area contributed by atoms with E-state index in [0.29, 0.717) is 39.8 Å². The van der Waals surface area contributed by atoms with E-state index >= 15 is 0 Å². The number of hydrogen-bond donors (Lipinski definition) is 2. The van der Waals surface area contributed by atoms with Crippen LogP contribution in [0, 0.1) is 0 Å². The normalized spacial score (nSPS) is 12.2. The number of hydrogen-bond acceptors (Lipinski definition) is 6. The molecule has 2 heterocycles. The summed E-state index contributed by atoms with van der Waals surface area (Å²) in [6.07, 6.45) is 0.490. The van der Waals surface area contributed by atoms with Crippen LogP contribution in [-0.2, 0) is 18.9 Å². The van der Waals surface area contributed by atoms with Gasteiger partial charge in [0, 0.05) is 28.8 Å². The number of carbonyl (C=O) groups is 1. The number of aromatic carboxylic acids is 1. The maximum atomic E-state index is 11.0. The largest absolute Gasteiger partial charge is 0.504 e. The fourth-order valence-electron chi connectivity index (χ4n) is 3.33. The summed E-state index contributed by atoms with van der Waals surface area (Å²) >= 11 is 6.64. The molecule has 0 spiro atoms. The number of rotatable bonds is 7. The number of nitrogens with zero attached hydrogens (tertiary/aromatic N) is 3. The minimum Gasteiger partial charge on any atom is -0.504 e. The number of thiocarbonyl (C=S) groups is 1. The Morgan fingerprint density at radius 2 is 1.84 bits per heavy atom. The molecule has 0 saturated heterocycles. The van der Waals surface area contributed by atoms with E-state index in [1.165, 1.54) is 16.9 Å². The van der Waals surface area contributed by atoms with Crippen LogP contribution in [0.1, 0.15) is 53.5 Å². The summed E-state index contributed by atoms with van der Waals surface area (Å²) < 4.78 is 1.66. The van der Waals surface area contributed by atoms with E-state index in [9.17, 15) is 9.90 Å². The van der Waals surface area contributed by atoms with Gasteiger partial charge in [-0.05, 0) is 30.0 Å². The number of aromatic nitrogens is 2. The Morgan fingerprint density at radius 3 is 2.41 bits per heavy atom. The average molecular weight is 470 g/mol. The van der Waals surface area contributed by atoms with Gasteiger partial charge >= 0.3 is 5.97 Å². The van der Waals surface area contributed by atoms with Crippen molar-refractivity contribution in [3.05, 3.63) is 57.4 Å². The fraction of sp³-hybridized carbons (Fsp3) is 0.333. The van der Waals surface area contributed by atoms with Gasteiger partial charge in [0.2, 0.25) is 0 Å². The third-order valence-corrected chi connectivity index (χ3v) is 6.47.